The highest BCUT2D eigenvalue weighted by molar-refractivity contribution is 8.00. The Labute approximate surface area is 193 Å². The zero-order chi connectivity index (χ0) is 22.3. The molecule has 4 aromatic rings. The molecule has 0 aliphatic rings. The number of aryl methyl sites for hydroxylation is 1. The van der Waals surface area contributed by atoms with Gasteiger partial charge in [0.2, 0.25) is 5.91 Å². The molecule has 1 N–H and O–H groups in total. The van der Waals surface area contributed by atoms with Crippen LogP contribution < -0.4 is 5.32 Å². The van der Waals surface area contributed by atoms with Crippen molar-refractivity contribution in [3.8, 4) is 23.1 Å². The molecule has 0 spiro atoms. The molecule has 1 amide bonds. The first-order valence-corrected chi connectivity index (χ1v) is 11.7. The van der Waals surface area contributed by atoms with Gasteiger partial charge in [-0.2, -0.15) is 5.26 Å². The first-order valence-electron chi connectivity index (χ1n) is 9.74. The van der Waals surface area contributed by atoms with Crippen LogP contribution in [0.3, 0.4) is 0 Å². The smallest absolute Gasteiger partial charge is 0.234 e. The lowest BCUT2D eigenvalue weighted by atomic mass is 10.2. The van der Waals surface area contributed by atoms with Crippen LogP contribution in [0.2, 0.25) is 0 Å². The van der Waals surface area contributed by atoms with Gasteiger partial charge in [-0.15, -0.1) is 22.0 Å². The number of nitrogens with zero attached hydrogens (tertiary/aromatic N) is 4. The Kier molecular flexibility index (Phi) is 6.94. The largest absolute Gasteiger partial charge is 0.469 e. The third-order valence-corrected chi connectivity index (χ3v) is 6.40. The number of nitriles is 1. The van der Waals surface area contributed by atoms with Crippen molar-refractivity contribution in [1.82, 2.24) is 14.8 Å². The number of carbonyl (C=O) groups is 1. The van der Waals surface area contributed by atoms with E-state index in [1.807, 2.05) is 72.2 Å². The minimum absolute atomic E-state index is 0.159. The average molecular weight is 462 g/mol. The molecule has 0 radical (unpaired) electrons. The van der Waals surface area contributed by atoms with Crippen molar-refractivity contribution in [2.75, 3.05) is 16.8 Å². The van der Waals surface area contributed by atoms with Crippen LogP contribution in [0.5, 0.6) is 0 Å². The molecule has 0 bridgehead atoms. The van der Waals surface area contributed by atoms with Crippen molar-refractivity contribution in [3.63, 3.8) is 0 Å². The van der Waals surface area contributed by atoms with Gasteiger partial charge in [-0.1, -0.05) is 42.1 Å². The fourth-order valence-electron chi connectivity index (χ4n) is 3.09. The van der Waals surface area contributed by atoms with Crippen LogP contribution in [0.15, 0.2) is 81.4 Å². The van der Waals surface area contributed by atoms with Gasteiger partial charge in [-0.05, 0) is 37.3 Å². The van der Waals surface area contributed by atoms with Crippen LogP contribution in [0.4, 0.5) is 5.69 Å². The Morgan fingerprint density at radius 1 is 1.09 bits per heavy atom. The maximum absolute atomic E-state index is 12.7. The quantitative estimate of drug-likeness (QED) is 0.361. The molecule has 0 unspecified atom stereocenters. The Morgan fingerprint density at radius 2 is 1.88 bits per heavy atom. The van der Waals surface area contributed by atoms with Gasteiger partial charge in [0.25, 0.3) is 0 Å². The van der Waals surface area contributed by atoms with Gasteiger partial charge in [0.05, 0.1) is 35.1 Å². The SMILES string of the molecule is Cc1occc1-c1nnc(SCC(=O)Nc2ccccc2SCC#N)n1-c1ccccc1. The molecule has 7 nitrogen and oxygen atoms in total. The molecule has 0 saturated heterocycles. The fraction of sp³-hybridized carbons (Fsp3) is 0.130. The zero-order valence-corrected chi connectivity index (χ0v) is 18.8. The highest BCUT2D eigenvalue weighted by Gasteiger charge is 2.19. The van der Waals surface area contributed by atoms with Crippen molar-refractivity contribution >= 4 is 35.1 Å². The van der Waals surface area contributed by atoms with Gasteiger partial charge >= 0.3 is 0 Å². The Morgan fingerprint density at radius 3 is 2.62 bits per heavy atom. The summed E-state index contributed by atoms with van der Waals surface area (Å²) in [6, 6.07) is 21.2. The number of benzene rings is 2. The summed E-state index contributed by atoms with van der Waals surface area (Å²) in [5.41, 5.74) is 2.44. The van der Waals surface area contributed by atoms with Gasteiger partial charge in [0, 0.05) is 10.6 Å². The molecule has 2 aromatic carbocycles. The van der Waals surface area contributed by atoms with Gasteiger partial charge in [0.15, 0.2) is 11.0 Å². The van der Waals surface area contributed by atoms with E-state index in [9.17, 15) is 4.79 Å². The molecule has 2 aromatic heterocycles. The first-order chi connectivity index (χ1) is 15.7. The minimum atomic E-state index is -0.163. The second kappa shape index (κ2) is 10.2. The fourth-order valence-corrected chi connectivity index (χ4v) is 4.51. The second-order valence-corrected chi connectivity index (χ2v) is 8.61. The summed E-state index contributed by atoms with van der Waals surface area (Å²) in [4.78, 5) is 13.5. The van der Waals surface area contributed by atoms with E-state index in [2.05, 4.69) is 21.6 Å². The number of thioether (sulfide) groups is 2. The zero-order valence-electron chi connectivity index (χ0n) is 17.2. The van der Waals surface area contributed by atoms with Crippen LogP contribution in [-0.4, -0.2) is 32.2 Å². The Hall–Kier alpha value is -3.48. The lowest BCUT2D eigenvalue weighted by molar-refractivity contribution is -0.113. The molecular weight excluding hydrogens is 442 g/mol. The summed E-state index contributed by atoms with van der Waals surface area (Å²) >= 11 is 2.69. The van der Waals surface area contributed by atoms with Gasteiger partial charge < -0.3 is 9.73 Å². The van der Waals surface area contributed by atoms with E-state index >= 15 is 0 Å². The van der Waals surface area contributed by atoms with Crippen LogP contribution in [-0.2, 0) is 4.79 Å². The van der Waals surface area contributed by atoms with Crippen molar-refractivity contribution in [3.05, 3.63) is 72.7 Å². The predicted octanol–water partition coefficient (Wildman–Crippen LogP) is 5.18. The summed E-state index contributed by atoms with van der Waals surface area (Å²) in [6.07, 6.45) is 1.62. The molecule has 0 aliphatic heterocycles. The van der Waals surface area contributed by atoms with Crippen LogP contribution in [0.25, 0.3) is 17.1 Å². The number of hydrogen-bond donors (Lipinski definition) is 1. The van der Waals surface area contributed by atoms with Crippen molar-refractivity contribution in [2.24, 2.45) is 0 Å². The van der Waals surface area contributed by atoms with E-state index in [0.717, 1.165) is 21.9 Å². The summed E-state index contributed by atoms with van der Waals surface area (Å²) in [6.45, 7) is 1.88. The van der Waals surface area contributed by atoms with E-state index in [1.165, 1.54) is 23.5 Å². The van der Waals surface area contributed by atoms with Crippen molar-refractivity contribution < 1.29 is 9.21 Å². The Balaban J connectivity index is 1.54. The number of aromatic nitrogens is 3. The van der Waals surface area contributed by atoms with E-state index in [4.69, 9.17) is 9.68 Å². The molecule has 160 valence electrons. The average Bonchev–Trinajstić information content (AvgIpc) is 3.43. The number of para-hydroxylation sites is 2. The van der Waals surface area contributed by atoms with Crippen LogP contribution >= 0.6 is 23.5 Å². The highest BCUT2D eigenvalue weighted by Crippen LogP contribution is 2.31. The highest BCUT2D eigenvalue weighted by atomic mass is 32.2. The van der Waals surface area contributed by atoms with Gasteiger partial charge in [-0.3, -0.25) is 9.36 Å². The summed E-state index contributed by atoms with van der Waals surface area (Å²) < 4.78 is 7.37. The standard InChI is InChI=1S/C23H19N5O2S2/c1-16-18(11-13-30-16)22-26-27-23(28(22)17-7-3-2-4-8-17)32-15-21(29)25-19-9-5-6-10-20(19)31-14-12-24/h2-11,13H,14-15H2,1H3,(H,25,29). The number of anilines is 1. The topological polar surface area (TPSA) is 96.7 Å². The molecule has 4 rings (SSSR count). The molecule has 9 heteroatoms. The van der Waals surface area contributed by atoms with Crippen LogP contribution in [0, 0.1) is 18.3 Å². The third kappa shape index (κ3) is 4.88. The summed E-state index contributed by atoms with van der Waals surface area (Å²) in [7, 11) is 0. The number of furan rings is 1. The molecule has 32 heavy (non-hydrogen) atoms. The third-order valence-electron chi connectivity index (χ3n) is 4.53. The first kappa shape index (κ1) is 21.7. The monoisotopic (exact) mass is 461 g/mol. The van der Waals surface area contributed by atoms with E-state index < -0.39 is 0 Å². The lowest BCUT2D eigenvalue weighted by Gasteiger charge is -2.11. The maximum Gasteiger partial charge on any atom is 0.234 e. The maximum atomic E-state index is 12.7. The van der Waals surface area contributed by atoms with Crippen molar-refractivity contribution in [1.29, 1.82) is 5.26 Å². The molecule has 0 atom stereocenters. The van der Waals surface area contributed by atoms with E-state index in [0.29, 0.717) is 22.4 Å². The van der Waals surface area contributed by atoms with Crippen LogP contribution in [0.1, 0.15) is 5.76 Å². The normalized spacial score (nSPS) is 10.6. The summed E-state index contributed by atoms with van der Waals surface area (Å²) in [5, 5.41) is 21.1. The number of amides is 1. The molecule has 0 aliphatic carbocycles. The van der Waals surface area contributed by atoms with E-state index in [1.54, 1.807) is 6.26 Å². The number of nitrogens with one attached hydrogen (secondary N) is 1. The van der Waals surface area contributed by atoms with Gasteiger partial charge in [-0.25, -0.2) is 0 Å². The van der Waals surface area contributed by atoms with Gasteiger partial charge in [0.1, 0.15) is 5.76 Å². The number of rotatable bonds is 8. The van der Waals surface area contributed by atoms with E-state index in [-0.39, 0.29) is 11.7 Å². The Bertz CT molecular complexity index is 1260. The number of hydrogen-bond acceptors (Lipinski definition) is 7. The summed E-state index contributed by atoms with van der Waals surface area (Å²) in [5.74, 6) is 1.72. The second-order valence-electron chi connectivity index (χ2n) is 6.65. The molecular formula is C23H19N5O2S2. The number of carbonyl (C=O) groups excluding carboxylic acids is 1. The minimum Gasteiger partial charge on any atom is -0.469 e. The molecule has 0 fully saturated rings. The predicted molar refractivity (Wildman–Crippen MR) is 126 cm³/mol. The molecule has 0 saturated carbocycles. The molecule has 2 heterocycles. The lowest BCUT2D eigenvalue weighted by Crippen LogP contribution is -2.15. The van der Waals surface area contributed by atoms with Crippen molar-refractivity contribution in [2.45, 2.75) is 17.0 Å².